The Morgan fingerprint density at radius 2 is 0.792 bits per heavy atom. The second-order valence-corrected chi connectivity index (χ2v) is 22.3. The fraction of sp³-hybridized carbons (Fsp3) is 1.00. The lowest BCUT2D eigenvalue weighted by molar-refractivity contribution is 0.267. The molecular weight excluding hydrogens is 348 g/mol. The Labute approximate surface area is 154 Å². The monoisotopic (exact) mass is 390 g/mol. The Kier molecular flexibility index (Phi) is 9.99. The fourth-order valence-electron chi connectivity index (χ4n) is 4.26. The first-order valence-electron chi connectivity index (χ1n) is 10.2. The van der Waals surface area contributed by atoms with Gasteiger partial charge in [-0.3, -0.25) is 0 Å². The molecule has 1 heterocycles. The van der Waals surface area contributed by atoms with Crippen LogP contribution in [0.15, 0.2) is 0 Å². The van der Waals surface area contributed by atoms with Gasteiger partial charge in [0, 0.05) is 19.8 Å². The van der Waals surface area contributed by atoms with Gasteiger partial charge in [0.25, 0.3) is 0 Å². The molecule has 0 aromatic rings. The van der Waals surface area contributed by atoms with Crippen LogP contribution in [0.4, 0.5) is 0 Å². The zero-order chi connectivity index (χ0) is 18.1. The zero-order valence-corrected chi connectivity index (χ0v) is 20.2. The third-order valence-electron chi connectivity index (χ3n) is 5.09. The molecule has 0 spiro atoms. The van der Waals surface area contributed by atoms with Crippen molar-refractivity contribution < 1.29 is 13.3 Å². The summed E-state index contributed by atoms with van der Waals surface area (Å²) in [7, 11) is -5.07. The number of hydrogen-bond donors (Lipinski definition) is 0. The van der Waals surface area contributed by atoms with E-state index in [0.717, 1.165) is 19.8 Å². The van der Waals surface area contributed by atoms with Gasteiger partial charge in [0.2, 0.25) is 0 Å². The lowest BCUT2D eigenvalue weighted by atomic mass is 10.4. The molecule has 1 saturated heterocycles. The van der Waals surface area contributed by atoms with Crippen molar-refractivity contribution in [3.63, 3.8) is 0 Å². The van der Waals surface area contributed by atoms with Crippen LogP contribution >= 0.6 is 0 Å². The van der Waals surface area contributed by atoms with Crippen LogP contribution in [-0.4, -0.2) is 44.8 Å². The van der Waals surface area contributed by atoms with Crippen molar-refractivity contribution in [3.05, 3.63) is 0 Å². The molecule has 1 rings (SSSR count). The quantitative estimate of drug-likeness (QED) is 0.311. The highest BCUT2D eigenvalue weighted by atomic mass is 28.5. The first-order valence-corrected chi connectivity index (χ1v) is 18.7. The van der Waals surface area contributed by atoms with Crippen LogP contribution in [0.2, 0.25) is 36.6 Å². The summed E-state index contributed by atoms with van der Waals surface area (Å²) in [5.74, 6) is 0. The first kappa shape index (κ1) is 22.6. The van der Waals surface area contributed by atoms with Crippen LogP contribution in [-0.2, 0) is 13.3 Å². The predicted molar refractivity (Wildman–Crippen MR) is 112 cm³/mol. The van der Waals surface area contributed by atoms with E-state index >= 15 is 0 Å². The van der Waals surface area contributed by atoms with Gasteiger partial charge in [-0.25, -0.2) is 0 Å². The largest absolute Gasteiger partial charge is 0.417 e. The molecule has 24 heavy (non-hydrogen) atoms. The summed E-state index contributed by atoms with van der Waals surface area (Å²) in [5.41, 5.74) is 3.81. The summed E-state index contributed by atoms with van der Waals surface area (Å²) in [6.45, 7) is 16.9. The summed E-state index contributed by atoms with van der Waals surface area (Å²) in [5, 5.41) is 0. The van der Waals surface area contributed by atoms with E-state index in [1.807, 2.05) is 0 Å². The molecule has 0 amide bonds. The number of unbranched alkanes of at least 4 members (excludes halogenated alkanes) is 3. The summed E-state index contributed by atoms with van der Waals surface area (Å²) in [6, 6.07) is 0. The average Bonchev–Trinajstić information content (AvgIpc) is 2.46. The molecule has 0 atom stereocenters. The minimum Gasteiger partial charge on any atom is -0.417 e. The summed E-state index contributed by atoms with van der Waals surface area (Å²) in [6.07, 6.45) is 7.21. The van der Waals surface area contributed by atoms with Gasteiger partial charge in [-0.05, 0) is 55.9 Å². The van der Waals surface area contributed by atoms with E-state index in [4.69, 9.17) is 13.3 Å². The SMILES string of the molecule is CCCCO[Si]1(C)C[Si](C)(OCCCC)C[Si](C)(OCCCC)C1. The van der Waals surface area contributed by atoms with Gasteiger partial charge < -0.3 is 13.3 Å². The Morgan fingerprint density at radius 3 is 1.00 bits per heavy atom. The van der Waals surface area contributed by atoms with Crippen LogP contribution in [0.25, 0.3) is 0 Å². The molecule has 0 radical (unpaired) electrons. The first-order chi connectivity index (χ1) is 11.3. The molecule has 3 nitrogen and oxygen atoms in total. The summed E-state index contributed by atoms with van der Waals surface area (Å²) in [4.78, 5) is 0. The number of hydrogen-bond acceptors (Lipinski definition) is 3. The Balaban J connectivity index is 2.80. The van der Waals surface area contributed by atoms with Gasteiger partial charge in [0.05, 0.1) is 0 Å². The third-order valence-corrected chi connectivity index (χ3v) is 25.7. The molecule has 0 bridgehead atoms. The van der Waals surface area contributed by atoms with Gasteiger partial charge >= 0.3 is 0 Å². The Hall–Kier alpha value is 0.531. The number of rotatable bonds is 12. The topological polar surface area (TPSA) is 27.7 Å². The van der Waals surface area contributed by atoms with Crippen molar-refractivity contribution in [1.82, 2.24) is 0 Å². The van der Waals surface area contributed by atoms with Gasteiger partial charge in [-0.1, -0.05) is 40.0 Å². The average molecular weight is 391 g/mol. The smallest absolute Gasteiger partial charge is 0.189 e. The minimum atomic E-state index is -1.69. The highest BCUT2D eigenvalue weighted by Crippen LogP contribution is 2.42. The molecule has 0 aromatic carbocycles. The van der Waals surface area contributed by atoms with E-state index in [2.05, 4.69) is 40.4 Å². The maximum atomic E-state index is 6.56. The standard InChI is InChI=1S/C18H42O3Si3/c1-7-10-13-19-22(4)16-23(5,20-14-11-8-2)18-24(6,17-22)21-15-12-9-3/h7-18H2,1-6H3. The second kappa shape index (κ2) is 10.6. The fourth-order valence-corrected chi connectivity index (χ4v) is 32.5. The van der Waals surface area contributed by atoms with Crippen molar-refractivity contribution in [1.29, 1.82) is 0 Å². The second-order valence-electron chi connectivity index (χ2n) is 8.49. The van der Waals surface area contributed by atoms with E-state index < -0.39 is 25.0 Å². The minimum absolute atomic E-state index is 0.943. The molecule has 0 aromatic heterocycles. The Bertz CT molecular complexity index is 294. The van der Waals surface area contributed by atoms with Crippen molar-refractivity contribution in [2.45, 2.75) is 95.9 Å². The normalized spacial score (nSPS) is 33.8. The highest BCUT2D eigenvalue weighted by molar-refractivity contribution is 7.08. The van der Waals surface area contributed by atoms with Crippen LogP contribution in [0.1, 0.15) is 59.3 Å². The molecule has 0 saturated carbocycles. The van der Waals surface area contributed by atoms with E-state index in [1.54, 1.807) is 0 Å². The molecule has 1 aliphatic rings. The van der Waals surface area contributed by atoms with E-state index in [-0.39, 0.29) is 0 Å². The highest BCUT2D eigenvalue weighted by Gasteiger charge is 2.55. The van der Waals surface area contributed by atoms with Gasteiger partial charge in [0.1, 0.15) is 0 Å². The lowest BCUT2D eigenvalue weighted by Crippen LogP contribution is -2.62. The van der Waals surface area contributed by atoms with Crippen molar-refractivity contribution in [2.75, 3.05) is 19.8 Å². The third kappa shape index (κ3) is 7.83. The Morgan fingerprint density at radius 1 is 0.542 bits per heavy atom. The van der Waals surface area contributed by atoms with E-state index in [1.165, 1.54) is 55.5 Å². The van der Waals surface area contributed by atoms with Gasteiger partial charge in [-0.2, -0.15) is 0 Å². The van der Waals surface area contributed by atoms with Crippen LogP contribution < -0.4 is 0 Å². The molecule has 6 heteroatoms. The molecule has 1 fully saturated rings. The van der Waals surface area contributed by atoms with E-state index in [0.29, 0.717) is 0 Å². The van der Waals surface area contributed by atoms with Crippen LogP contribution in [0.3, 0.4) is 0 Å². The van der Waals surface area contributed by atoms with Gasteiger partial charge in [-0.15, -0.1) is 0 Å². The van der Waals surface area contributed by atoms with E-state index in [9.17, 15) is 0 Å². The molecule has 0 N–H and O–H groups in total. The maximum absolute atomic E-state index is 6.56. The zero-order valence-electron chi connectivity index (χ0n) is 17.2. The summed E-state index contributed by atoms with van der Waals surface area (Å²) >= 11 is 0. The van der Waals surface area contributed by atoms with Crippen molar-refractivity contribution >= 4 is 25.0 Å². The van der Waals surface area contributed by atoms with Crippen LogP contribution in [0.5, 0.6) is 0 Å². The van der Waals surface area contributed by atoms with Gasteiger partial charge in [0.15, 0.2) is 25.0 Å². The molecule has 144 valence electrons. The summed E-state index contributed by atoms with van der Waals surface area (Å²) < 4.78 is 19.7. The van der Waals surface area contributed by atoms with Crippen LogP contribution in [0, 0.1) is 0 Å². The molecular formula is C18H42O3Si3. The van der Waals surface area contributed by atoms with Crippen molar-refractivity contribution in [2.24, 2.45) is 0 Å². The van der Waals surface area contributed by atoms with Crippen molar-refractivity contribution in [3.8, 4) is 0 Å². The predicted octanol–water partition coefficient (Wildman–Crippen LogP) is 5.79. The lowest BCUT2D eigenvalue weighted by Gasteiger charge is -2.48. The maximum Gasteiger partial charge on any atom is 0.189 e. The molecule has 1 aliphatic heterocycles. The molecule has 0 unspecified atom stereocenters. The molecule has 0 aliphatic carbocycles.